The first-order valence-electron chi connectivity index (χ1n) is 7.48. The zero-order valence-electron chi connectivity index (χ0n) is 13.2. The van der Waals surface area contributed by atoms with Crippen LogP contribution in [0.1, 0.15) is 17.2 Å². The third kappa shape index (κ3) is 3.14. The average Bonchev–Trinajstić information content (AvgIpc) is 2.60. The SMILES string of the molecule is COc1cc2c(cc1OC)C(C(=O)Oc1ccccc1)NCC2. The lowest BCUT2D eigenvalue weighted by Crippen LogP contribution is -2.37. The quantitative estimate of drug-likeness (QED) is 0.694. The number of nitrogens with one attached hydrogen (secondary N) is 1. The van der Waals surface area contributed by atoms with Gasteiger partial charge in [-0.25, -0.2) is 4.79 Å². The van der Waals surface area contributed by atoms with Crippen LogP contribution in [0, 0.1) is 0 Å². The molecule has 1 aliphatic rings. The molecule has 5 heteroatoms. The Morgan fingerprint density at radius 2 is 1.78 bits per heavy atom. The van der Waals surface area contributed by atoms with Crippen molar-refractivity contribution in [3.05, 3.63) is 53.6 Å². The van der Waals surface area contributed by atoms with Crippen LogP contribution in [0.2, 0.25) is 0 Å². The summed E-state index contributed by atoms with van der Waals surface area (Å²) in [6.45, 7) is 0.705. The molecule has 1 N–H and O–H groups in total. The Morgan fingerprint density at radius 1 is 1.09 bits per heavy atom. The summed E-state index contributed by atoms with van der Waals surface area (Å²) >= 11 is 0. The molecule has 23 heavy (non-hydrogen) atoms. The number of para-hydroxylation sites is 1. The summed E-state index contributed by atoms with van der Waals surface area (Å²) in [5.41, 5.74) is 1.94. The molecule has 3 rings (SSSR count). The summed E-state index contributed by atoms with van der Waals surface area (Å²) in [5, 5.41) is 3.21. The number of rotatable bonds is 4. The minimum absolute atomic E-state index is 0.329. The zero-order chi connectivity index (χ0) is 16.2. The standard InChI is InChI=1S/C18H19NO4/c1-21-15-10-12-8-9-19-17(14(12)11-16(15)22-2)18(20)23-13-6-4-3-5-7-13/h3-7,10-11,17,19H,8-9H2,1-2H3. The van der Waals surface area contributed by atoms with Gasteiger partial charge in [-0.2, -0.15) is 0 Å². The monoisotopic (exact) mass is 313 g/mol. The van der Waals surface area contributed by atoms with Gasteiger partial charge in [0.25, 0.3) is 0 Å². The summed E-state index contributed by atoms with van der Waals surface area (Å²) in [7, 11) is 3.18. The second-order valence-electron chi connectivity index (χ2n) is 5.28. The molecule has 2 aromatic carbocycles. The van der Waals surface area contributed by atoms with Crippen LogP contribution in [-0.4, -0.2) is 26.7 Å². The molecule has 0 spiro atoms. The maximum absolute atomic E-state index is 12.5. The fourth-order valence-corrected chi connectivity index (χ4v) is 2.76. The highest BCUT2D eigenvalue weighted by molar-refractivity contribution is 5.81. The van der Waals surface area contributed by atoms with E-state index in [2.05, 4.69) is 5.32 Å². The van der Waals surface area contributed by atoms with Gasteiger partial charge in [0.1, 0.15) is 11.8 Å². The van der Waals surface area contributed by atoms with E-state index in [1.54, 1.807) is 26.4 Å². The Kier molecular flexibility index (Phi) is 4.48. The van der Waals surface area contributed by atoms with Crippen molar-refractivity contribution < 1.29 is 19.0 Å². The van der Waals surface area contributed by atoms with E-state index in [1.807, 2.05) is 30.3 Å². The number of esters is 1. The minimum Gasteiger partial charge on any atom is -0.493 e. The Morgan fingerprint density at radius 3 is 2.48 bits per heavy atom. The first kappa shape index (κ1) is 15.4. The minimum atomic E-state index is -0.515. The molecule has 5 nitrogen and oxygen atoms in total. The Bertz CT molecular complexity index is 700. The van der Waals surface area contributed by atoms with Crippen LogP contribution in [0.3, 0.4) is 0 Å². The summed E-state index contributed by atoms with van der Waals surface area (Å²) < 4.78 is 16.1. The van der Waals surface area contributed by atoms with Gasteiger partial charge >= 0.3 is 5.97 Å². The van der Waals surface area contributed by atoms with Gasteiger partial charge in [-0.15, -0.1) is 0 Å². The molecule has 2 aromatic rings. The van der Waals surface area contributed by atoms with Crippen LogP contribution in [0.15, 0.2) is 42.5 Å². The van der Waals surface area contributed by atoms with E-state index < -0.39 is 6.04 Å². The molecule has 120 valence electrons. The molecule has 0 aliphatic carbocycles. The molecule has 0 amide bonds. The van der Waals surface area contributed by atoms with Gasteiger partial charge in [-0.1, -0.05) is 18.2 Å². The van der Waals surface area contributed by atoms with Gasteiger partial charge in [-0.05, 0) is 41.8 Å². The largest absolute Gasteiger partial charge is 0.493 e. The van der Waals surface area contributed by atoms with Crippen LogP contribution in [0.25, 0.3) is 0 Å². The van der Waals surface area contributed by atoms with Crippen molar-refractivity contribution in [2.45, 2.75) is 12.5 Å². The third-order valence-corrected chi connectivity index (χ3v) is 3.90. The van der Waals surface area contributed by atoms with E-state index in [1.165, 1.54) is 0 Å². The summed E-state index contributed by atoms with van der Waals surface area (Å²) in [6.07, 6.45) is 0.824. The Balaban J connectivity index is 1.90. The predicted molar refractivity (Wildman–Crippen MR) is 86.1 cm³/mol. The van der Waals surface area contributed by atoms with Crippen LogP contribution in [-0.2, 0) is 11.2 Å². The average molecular weight is 313 g/mol. The molecule has 1 atom stereocenters. The number of hydrogen-bond donors (Lipinski definition) is 1. The number of carbonyl (C=O) groups is 1. The second kappa shape index (κ2) is 6.71. The van der Waals surface area contributed by atoms with Gasteiger partial charge in [0.05, 0.1) is 14.2 Å². The lowest BCUT2D eigenvalue weighted by molar-refractivity contribution is -0.137. The first-order valence-corrected chi connectivity index (χ1v) is 7.48. The maximum atomic E-state index is 12.5. The van der Waals surface area contributed by atoms with E-state index >= 15 is 0 Å². The molecule has 0 bridgehead atoms. The highest BCUT2D eigenvalue weighted by Crippen LogP contribution is 2.35. The lowest BCUT2D eigenvalue weighted by atomic mass is 9.93. The third-order valence-electron chi connectivity index (χ3n) is 3.90. The number of hydrogen-bond acceptors (Lipinski definition) is 5. The van der Waals surface area contributed by atoms with Crippen molar-refractivity contribution in [3.63, 3.8) is 0 Å². The Hall–Kier alpha value is -2.53. The number of fused-ring (bicyclic) bond motifs is 1. The molecule has 1 unspecified atom stereocenters. The lowest BCUT2D eigenvalue weighted by Gasteiger charge is -2.26. The van der Waals surface area contributed by atoms with Crippen LogP contribution < -0.4 is 19.5 Å². The summed E-state index contributed by atoms with van der Waals surface area (Å²) in [6, 6.07) is 12.3. The van der Waals surface area contributed by atoms with E-state index in [0.29, 0.717) is 23.8 Å². The van der Waals surface area contributed by atoms with E-state index in [4.69, 9.17) is 14.2 Å². The summed E-state index contributed by atoms with van der Waals surface area (Å²) in [5.74, 6) is 1.48. The van der Waals surface area contributed by atoms with Crippen LogP contribution in [0.4, 0.5) is 0 Å². The summed E-state index contributed by atoms with van der Waals surface area (Å²) in [4.78, 5) is 12.5. The number of benzene rings is 2. The number of methoxy groups -OCH3 is 2. The number of ether oxygens (including phenoxy) is 3. The van der Waals surface area contributed by atoms with Gasteiger partial charge in [-0.3, -0.25) is 0 Å². The van der Waals surface area contributed by atoms with Crippen molar-refractivity contribution in [2.75, 3.05) is 20.8 Å². The molecule has 1 heterocycles. The maximum Gasteiger partial charge on any atom is 0.333 e. The van der Waals surface area contributed by atoms with Crippen molar-refractivity contribution in [2.24, 2.45) is 0 Å². The Labute approximate surface area is 135 Å². The highest BCUT2D eigenvalue weighted by atomic mass is 16.5. The van der Waals surface area contributed by atoms with Crippen molar-refractivity contribution in [3.8, 4) is 17.2 Å². The van der Waals surface area contributed by atoms with E-state index in [9.17, 15) is 4.79 Å². The number of carbonyl (C=O) groups excluding carboxylic acids is 1. The van der Waals surface area contributed by atoms with Gasteiger partial charge in [0.2, 0.25) is 0 Å². The second-order valence-corrected chi connectivity index (χ2v) is 5.28. The molecule has 0 aromatic heterocycles. The molecule has 0 fully saturated rings. The molecule has 0 saturated heterocycles. The fraction of sp³-hybridized carbons (Fsp3) is 0.278. The van der Waals surface area contributed by atoms with Crippen molar-refractivity contribution >= 4 is 5.97 Å². The molecular formula is C18H19NO4. The van der Waals surface area contributed by atoms with Crippen LogP contribution >= 0.6 is 0 Å². The van der Waals surface area contributed by atoms with Gasteiger partial charge < -0.3 is 19.5 Å². The first-order chi connectivity index (χ1) is 11.2. The normalized spacial score (nSPS) is 16.3. The van der Waals surface area contributed by atoms with E-state index in [-0.39, 0.29) is 5.97 Å². The van der Waals surface area contributed by atoms with E-state index in [0.717, 1.165) is 17.5 Å². The van der Waals surface area contributed by atoms with Crippen molar-refractivity contribution in [1.82, 2.24) is 5.32 Å². The predicted octanol–water partition coefficient (Wildman–Crippen LogP) is 2.50. The highest BCUT2D eigenvalue weighted by Gasteiger charge is 2.29. The molecular weight excluding hydrogens is 294 g/mol. The topological polar surface area (TPSA) is 56.8 Å². The molecule has 0 saturated carbocycles. The molecule has 1 aliphatic heterocycles. The van der Waals surface area contributed by atoms with Crippen LogP contribution in [0.5, 0.6) is 17.2 Å². The zero-order valence-corrected chi connectivity index (χ0v) is 13.2. The van der Waals surface area contributed by atoms with Gasteiger partial charge in [0.15, 0.2) is 11.5 Å². The molecule has 0 radical (unpaired) electrons. The smallest absolute Gasteiger partial charge is 0.333 e. The fourth-order valence-electron chi connectivity index (χ4n) is 2.76. The van der Waals surface area contributed by atoms with Crippen molar-refractivity contribution in [1.29, 1.82) is 0 Å². The van der Waals surface area contributed by atoms with Gasteiger partial charge in [0, 0.05) is 6.54 Å².